The Kier molecular flexibility index (Phi) is 2.78. The first-order valence-electron chi connectivity index (χ1n) is 6.56. The Morgan fingerprint density at radius 2 is 2.22 bits per heavy atom. The van der Waals surface area contributed by atoms with Crippen molar-refractivity contribution in [3.63, 3.8) is 0 Å². The van der Waals surface area contributed by atoms with E-state index in [9.17, 15) is 0 Å². The minimum absolute atomic E-state index is 0.906. The van der Waals surface area contributed by atoms with Gasteiger partial charge in [0.1, 0.15) is 5.82 Å². The van der Waals surface area contributed by atoms with E-state index >= 15 is 0 Å². The second-order valence-corrected chi connectivity index (χ2v) is 4.72. The molecule has 0 spiro atoms. The van der Waals surface area contributed by atoms with Crippen LogP contribution in [0.5, 0.6) is 0 Å². The maximum Gasteiger partial charge on any atom is 0.163 e. The molecule has 0 radical (unpaired) electrons. The van der Waals surface area contributed by atoms with Crippen molar-refractivity contribution in [3.8, 4) is 11.4 Å². The summed E-state index contributed by atoms with van der Waals surface area (Å²) in [5.41, 5.74) is 3.83. The van der Waals surface area contributed by atoms with Gasteiger partial charge < -0.3 is 9.88 Å². The first kappa shape index (κ1) is 11.3. The molecule has 4 nitrogen and oxygen atoms in total. The van der Waals surface area contributed by atoms with Crippen molar-refractivity contribution in [2.24, 2.45) is 0 Å². The van der Waals surface area contributed by atoms with E-state index in [-0.39, 0.29) is 0 Å². The molecular formula is C14H18N4. The van der Waals surface area contributed by atoms with E-state index < -0.39 is 0 Å². The molecule has 1 aliphatic rings. The SMILES string of the molecule is CCn1c(C)nnc1-c1ccc2c(c1)CCCN2. The molecule has 1 aromatic carbocycles. The molecule has 0 saturated heterocycles. The minimum Gasteiger partial charge on any atom is -0.385 e. The second kappa shape index (κ2) is 4.44. The maximum absolute atomic E-state index is 4.30. The van der Waals surface area contributed by atoms with E-state index in [1.165, 1.54) is 23.2 Å². The summed E-state index contributed by atoms with van der Waals surface area (Å²) in [7, 11) is 0. The van der Waals surface area contributed by atoms with Gasteiger partial charge in [-0.1, -0.05) is 0 Å². The fraction of sp³-hybridized carbons (Fsp3) is 0.429. The van der Waals surface area contributed by atoms with Gasteiger partial charge in [-0.05, 0) is 50.5 Å². The van der Waals surface area contributed by atoms with Crippen LogP contribution in [0.4, 0.5) is 5.69 Å². The fourth-order valence-electron chi connectivity index (χ4n) is 2.59. The van der Waals surface area contributed by atoms with Crippen LogP contribution in [0.25, 0.3) is 11.4 Å². The van der Waals surface area contributed by atoms with Gasteiger partial charge in [0, 0.05) is 24.3 Å². The lowest BCUT2D eigenvalue weighted by Gasteiger charge is -2.18. The fourth-order valence-corrected chi connectivity index (χ4v) is 2.59. The zero-order valence-corrected chi connectivity index (χ0v) is 10.9. The zero-order chi connectivity index (χ0) is 12.5. The molecule has 0 amide bonds. The van der Waals surface area contributed by atoms with Crippen LogP contribution < -0.4 is 5.32 Å². The smallest absolute Gasteiger partial charge is 0.163 e. The van der Waals surface area contributed by atoms with Gasteiger partial charge in [-0.2, -0.15) is 0 Å². The Morgan fingerprint density at radius 3 is 3.06 bits per heavy atom. The van der Waals surface area contributed by atoms with Crippen molar-refractivity contribution < 1.29 is 0 Å². The quantitative estimate of drug-likeness (QED) is 0.880. The summed E-state index contributed by atoms with van der Waals surface area (Å²) in [5, 5.41) is 11.9. The summed E-state index contributed by atoms with van der Waals surface area (Å²) >= 11 is 0. The van der Waals surface area contributed by atoms with E-state index in [0.717, 1.165) is 31.2 Å². The number of hydrogen-bond acceptors (Lipinski definition) is 3. The number of hydrogen-bond donors (Lipinski definition) is 1. The summed E-state index contributed by atoms with van der Waals surface area (Å²) in [6.45, 7) is 6.11. The van der Waals surface area contributed by atoms with Crippen molar-refractivity contribution in [2.45, 2.75) is 33.2 Å². The monoisotopic (exact) mass is 242 g/mol. The Hall–Kier alpha value is -1.84. The van der Waals surface area contributed by atoms with Crippen molar-refractivity contribution in [1.29, 1.82) is 0 Å². The summed E-state index contributed by atoms with van der Waals surface area (Å²) in [6, 6.07) is 6.54. The van der Waals surface area contributed by atoms with Gasteiger partial charge in [0.05, 0.1) is 0 Å². The Labute approximate surface area is 107 Å². The highest BCUT2D eigenvalue weighted by atomic mass is 15.3. The molecule has 1 aromatic heterocycles. The van der Waals surface area contributed by atoms with Crippen LogP contribution >= 0.6 is 0 Å². The van der Waals surface area contributed by atoms with Crippen LogP contribution in [0.1, 0.15) is 24.7 Å². The van der Waals surface area contributed by atoms with E-state index in [4.69, 9.17) is 0 Å². The first-order chi connectivity index (χ1) is 8.79. The molecule has 4 heteroatoms. The van der Waals surface area contributed by atoms with Gasteiger partial charge in [0.15, 0.2) is 5.82 Å². The molecule has 3 rings (SSSR count). The summed E-state index contributed by atoms with van der Waals surface area (Å²) in [5.74, 6) is 1.95. The standard InChI is InChI=1S/C14H18N4/c1-3-18-10(2)16-17-14(18)12-6-7-13-11(9-12)5-4-8-15-13/h6-7,9,15H,3-5,8H2,1-2H3. The minimum atomic E-state index is 0.906. The van der Waals surface area contributed by atoms with Gasteiger partial charge in [-0.15, -0.1) is 10.2 Å². The molecule has 2 heterocycles. The van der Waals surface area contributed by atoms with Crippen molar-refractivity contribution in [1.82, 2.24) is 14.8 Å². The predicted molar refractivity (Wildman–Crippen MR) is 72.7 cm³/mol. The molecule has 0 bridgehead atoms. The Morgan fingerprint density at radius 1 is 1.33 bits per heavy atom. The lowest BCUT2D eigenvalue weighted by atomic mass is 10.0. The molecule has 94 valence electrons. The van der Waals surface area contributed by atoms with Crippen molar-refractivity contribution in [2.75, 3.05) is 11.9 Å². The lowest BCUT2D eigenvalue weighted by molar-refractivity contribution is 0.736. The van der Waals surface area contributed by atoms with Crippen LogP contribution in [0, 0.1) is 6.92 Å². The highest BCUT2D eigenvalue weighted by Crippen LogP contribution is 2.27. The molecule has 1 N–H and O–H groups in total. The molecule has 0 atom stereocenters. The number of anilines is 1. The lowest BCUT2D eigenvalue weighted by Crippen LogP contribution is -2.11. The van der Waals surface area contributed by atoms with Gasteiger partial charge in [-0.3, -0.25) is 0 Å². The van der Waals surface area contributed by atoms with Crippen molar-refractivity contribution >= 4 is 5.69 Å². The average Bonchev–Trinajstić information content (AvgIpc) is 2.79. The highest BCUT2D eigenvalue weighted by molar-refractivity contribution is 5.64. The summed E-state index contributed by atoms with van der Waals surface area (Å²) in [6.07, 6.45) is 2.35. The van der Waals surface area contributed by atoms with E-state index in [0.29, 0.717) is 0 Å². The third kappa shape index (κ3) is 1.78. The molecular weight excluding hydrogens is 224 g/mol. The Balaban J connectivity index is 2.06. The molecule has 18 heavy (non-hydrogen) atoms. The predicted octanol–water partition coefficient (Wildman–Crippen LogP) is 2.63. The number of benzene rings is 1. The zero-order valence-electron chi connectivity index (χ0n) is 10.9. The van der Waals surface area contributed by atoms with Gasteiger partial charge in [0.25, 0.3) is 0 Å². The molecule has 0 saturated carbocycles. The van der Waals surface area contributed by atoms with Gasteiger partial charge in [-0.25, -0.2) is 0 Å². The normalized spacial score (nSPS) is 14.1. The topological polar surface area (TPSA) is 42.7 Å². The third-order valence-electron chi connectivity index (χ3n) is 3.55. The number of nitrogens with zero attached hydrogens (tertiary/aromatic N) is 3. The van der Waals surface area contributed by atoms with Crippen LogP contribution in [0.15, 0.2) is 18.2 Å². The summed E-state index contributed by atoms with van der Waals surface area (Å²) in [4.78, 5) is 0. The molecule has 0 unspecified atom stereocenters. The number of fused-ring (bicyclic) bond motifs is 1. The number of aromatic nitrogens is 3. The molecule has 1 aliphatic heterocycles. The van der Waals surface area contributed by atoms with E-state index in [1.54, 1.807) is 0 Å². The van der Waals surface area contributed by atoms with Gasteiger partial charge >= 0.3 is 0 Å². The Bertz CT molecular complexity index is 571. The van der Waals surface area contributed by atoms with Crippen LogP contribution in [0.3, 0.4) is 0 Å². The molecule has 2 aromatic rings. The highest BCUT2D eigenvalue weighted by Gasteiger charge is 2.13. The van der Waals surface area contributed by atoms with E-state index in [2.05, 4.69) is 45.2 Å². The summed E-state index contributed by atoms with van der Waals surface area (Å²) < 4.78 is 2.15. The number of nitrogens with one attached hydrogen (secondary N) is 1. The number of aryl methyl sites for hydroxylation is 2. The molecule has 0 fully saturated rings. The van der Waals surface area contributed by atoms with E-state index in [1.807, 2.05) is 6.92 Å². The second-order valence-electron chi connectivity index (χ2n) is 4.72. The van der Waals surface area contributed by atoms with Gasteiger partial charge in [0.2, 0.25) is 0 Å². The molecule has 0 aliphatic carbocycles. The van der Waals surface area contributed by atoms with Crippen molar-refractivity contribution in [3.05, 3.63) is 29.6 Å². The maximum atomic E-state index is 4.30. The largest absolute Gasteiger partial charge is 0.385 e. The van der Waals surface area contributed by atoms with Crippen LogP contribution in [-0.2, 0) is 13.0 Å². The first-order valence-corrected chi connectivity index (χ1v) is 6.56. The third-order valence-corrected chi connectivity index (χ3v) is 3.55. The van der Waals surface area contributed by atoms with Crippen LogP contribution in [0.2, 0.25) is 0 Å². The van der Waals surface area contributed by atoms with Crippen LogP contribution in [-0.4, -0.2) is 21.3 Å². The number of rotatable bonds is 2. The average molecular weight is 242 g/mol.